The molecule has 0 aliphatic carbocycles. The topological polar surface area (TPSA) is 38.9 Å². The molecule has 4 heteroatoms. The van der Waals surface area contributed by atoms with Gasteiger partial charge in [0.05, 0.1) is 10.6 Å². The zero-order chi connectivity index (χ0) is 14.2. The minimum atomic E-state index is 0.773. The molecular weight excluding hydrogens is 296 g/mol. The van der Waals surface area contributed by atoms with E-state index in [9.17, 15) is 0 Å². The van der Waals surface area contributed by atoms with E-state index >= 15 is 0 Å². The van der Waals surface area contributed by atoms with Crippen LogP contribution in [0.5, 0.6) is 0 Å². The third kappa shape index (κ3) is 2.22. The van der Waals surface area contributed by atoms with Crippen LogP contribution in [0.15, 0.2) is 60.0 Å². The zero-order valence-corrected chi connectivity index (χ0v) is 12.7. The van der Waals surface area contributed by atoms with Crippen molar-refractivity contribution in [3.05, 3.63) is 60.0 Å². The summed E-state index contributed by atoms with van der Waals surface area (Å²) >= 11 is 3.41. The van der Waals surface area contributed by atoms with Crippen molar-refractivity contribution in [2.24, 2.45) is 0 Å². The van der Waals surface area contributed by atoms with Crippen LogP contribution in [0, 0.1) is 0 Å². The van der Waals surface area contributed by atoms with E-state index in [1.54, 1.807) is 22.7 Å². The Bertz CT molecular complexity index is 888. The molecule has 0 aliphatic rings. The largest absolute Gasteiger partial charge is 0.398 e. The lowest BCUT2D eigenvalue weighted by atomic mass is 10.2. The lowest BCUT2D eigenvalue weighted by Crippen LogP contribution is -1.88. The number of hydrogen-bond acceptors (Lipinski definition) is 4. The fourth-order valence-electron chi connectivity index (χ4n) is 2.31. The number of hydrogen-bond donors (Lipinski definition) is 1. The summed E-state index contributed by atoms with van der Waals surface area (Å²) < 4.78 is 1.29. The maximum absolute atomic E-state index is 6.03. The van der Waals surface area contributed by atoms with Crippen LogP contribution in [0.2, 0.25) is 0 Å². The molecule has 2 aromatic heterocycles. The molecule has 4 aromatic rings. The number of nitrogens with zero attached hydrogens (tertiary/aromatic N) is 1. The molecule has 0 saturated carbocycles. The van der Waals surface area contributed by atoms with Gasteiger partial charge in [0.25, 0.3) is 0 Å². The SMILES string of the molecule is Nc1ccccc1-c1nc(-c2cc3ccccc3s2)cs1. The Kier molecular flexibility index (Phi) is 2.98. The molecule has 0 radical (unpaired) electrons. The van der Waals surface area contributed by atoms with E-state index in [4.69, 9.17) is 10.7 Å². The highest BCUT2D eigenvalue weighted by Gasteiger charge is 2.11. The molecule has 4 rings (SSSR count). The number of para-hydroxylation sites is 1. The lowest BCUT2D eigenvalue weighted by Gasteiger charge is -1.99. The molecule has 0 aliphatic heterocycles. The molecule has 0 fully saturated rings. The Morgan fingerprint density at radius 3 is 2.62 bits per heavy atom. The van der Waals surface area contributed by atoms with Crippen LogP contribution in [0.25, 0.3) is 31.2 Å². The summed E-state index contributed by atoms with van der Waals surface area (Å²) in [6, 6.07) is 18.5. The van der Waals surface area contributed by atoms with Crippen molar-refractivity contribution in [1.29, 1.82) is 0 Å². The molecule has 0 unspecified atom stereocenters. The summed E-state index contributed by atoms with van der Waals surface area (Å²) in [5.74, 6) is 0. The van der Waals surface area contributed by atoms with Crippen molar-refractivity contribution >= 4 is 38.4 Å². The summed E-state index contributed by atoms with van der Waals surface area (Å²) in [5, 5.41) is 4.35. The summed E-state index contributed by atoms with van der Waals surface area (Å²) in [4.78, 5) is 5.96. The standard InChI is InChI=1S/C17H12N2S2/c18-13-7-3-2-6-12(13)17-19-14(10-20-17)16-9-11-5-1-4-8-15(11)21-16/h1-10H,18H2. The van der Waals surface area contributed by atoms with Gasteiger partial charge >= 0.3 is 0 Å². The number of fused-ring (bicyclic) bond motifs is 1. The third-order valence-electron chi connectivity index (χ3n) is 3.37. The van der Waals surface area contributed by atoms with Crippen LogP contribution in [0.4, 0.5) is 5.69 Å². The smallest absolute Gasteiger partial charge is 0.126 e. The van der Waals surface area contributed by atoms with Gasteiger partial charge < -0.3 is 5.73 Å². The second-order valence-corrected chi connectivity index (χ2v) is 6.72. The Hall–Kier alpha value is -2.17. The number of aromatic nitrogens is 1. The van der Waals surface area contributed by atoms with Gasteiger partial charge in [0.1, 0.15) is 5.01 Å². The van der Waals surface area contributed by atoms with E-state index in [-0.39, 0.29) is 0 Å². The van der Waals surface area contributed by atoms with Crippen LogP contribution in [-0.2, 0) is 0 Å². The maximum atomic E-state index is 6.03. The van der Waals surface area contributed by atoms with E-state index in [1.807, 2.05) is 24.3 Å². The Labute approximate surface area is 130 Å². The first-order chi connectivity index (χ1) is 10.3. The molecule has 0 bridgehead atoms. The second-order valence-electron chi connectivity index (χ2n) is 4.77. The van der Waals surface area contributed by atoms with Crippen LogP contribution in [0.1, 0.15) is 0 Å². The Balaban J connectivity index is 1.79. The normalized spacial score (nSPS) is 11.0. The van der Waals surface area contributed by atoms with Crippen LogP contribution in [-0.4, -0.2) is 4.98 Å². The summed E-state index contributed by atoms with van der Waals surface area (Å²) in [5.41, 5.74) is 8.84. The molecule has 2 N–H and O–H groups in total. The number of rotatable bonds is 2. The maximum Gasteiger partial charge on any atom is 0.126 e. The molecule has 0 amide bonds. The van der Waals surface area contributed by atoms with Crippen molar-refractivity contribution in [2.75, 3.05) is 5.73 Å². The van der Waals surface area contributed by atoms with Gasteiger partial charge in [0.2, 0.25) is 0 Å². The minimum absolute atomic E-state index is 0.773. The molecule has 21 heavy (non-hydrogen) atoms. The van der Waals surface area contributed by atoms with Crippen molar-refractivity contribution < 1.29 is 0 Å². The molecule has 0 saturated heterocycles. The van der Waals surface area contributed by atoms with Gasteiger partial charge in [-0.2, -0.15) is 0 Å². The van der Waals surface area contributed by atoms with Gasteiger partial charge in [-0.25, -0.2) is 4.98 Å². The fourth-order valence-corrected chi connectivity index (χ4v) is 4.28. The van der Waals surface area contributed by atoms with Gasteiger partial charge in [-0.15, -0.1) is 22.7 Å². The number of nitrogen functional groups attached to an aromatic ring is 1. The quantitative estimate of drug-likeness (QED) is 0.512. The molecule has 102 valence electrons. The Morgan fingerprint density at radius 2 is 1.76 bits per heavy atom. The van der Waals surface area contributed by atoms with E-state index < -0.39 is 0 Å². The molecule has 2 nitrogen and oxygen atoms in total. The second kappa shape index (κ2) is 4.98. The van der Waals surface area contributed by atoms with Gasteiger partial charge in [0.15, 0.2) is 0 Å². The lowest BCUT2D eigenvalue weighted by molar-refractivity contribution is 1.42. The number of thiophene rings is 1. The first-order valence-electron chi connectivity index (χ1n) is 6.60. The van der Waals surface area contributed by atoms with Crippen molar-refractivity contribution in [3.63, 3.8) is 0 Å². The van der Waals surface area contributed by atoms with E-state index in [0.717, 1.165) is 22.0 Å². The molecular formula is C17H12N2S2. The highest BCUT2D eigenvalue weighted by molar-refractivity contribution is 7.22. The number of benzene rings is 2. The highest BCUT2D eigenvalue weighted by atomic mass is 32.1. The van der Waals surface area contributed by atoms with Crippen molar-refractivity contribution in [3.8, 4) is 21.1 Å². The monoisotopic (exact) mass is 308 g/mol. The summed E-state index contributed by atoms with van der Waals surface area (Å²) in [7, 11) is 0. The number of thiazole rings is 1. The van der Waals surface area contributed by atoms with Gasteiger partial charge in [-0.05, 0) is 29.7 Å². The van der Waals surface area contributed by atoms with Crippen LogP contribution >= 0.6 is 22.7 Å². The molecule has 0 spiro atoms. The van der Waals surface area contributed by atoms with Crippen LogP contribution < -0.4 is 5.73 Å². The predicted molar refractivity (Wildman–Crippen MR) is 92.8 cm³/mol. The molecule has 2 aromatic carbocycles. The minimum Gasteiger partial charge on any atom is -0.398 e. The third-order valence-corrected chi connectivity index (χ3v) is 5.39. The van der Waals surface area contributed by atoms with Crippen molar-refractivity contribution in [1.82, 2.24) is 4.98 Å². The average molecular weight is 308 g/mol. The van der Waals surface area contributed by atoms with Gasteiger partial charge in [-0.3, -0.25) is 0 Å². The number of anilines is 1. The van der Waals surface area contributed by atoms with E-state index in [0.29, 0.717) is 0 Å². The van der Waals surface area contributed by atoms with E-state index in [1.165, 1.54) is 15.0 Å². The predicted octanol–water partition coefficient (Wildman–Crippen LogP) is 5.27. The van der Waals surface area contributed by atoms with Gasteiger partial charge in [-0.1, -0.05) is 30.3 Å². The molecule has 2 heterocycles. The highest BCUT2D eigenvalue weighted by Crippen LogP contribution is 2.36. The average Bonchev–Trinajstić information content (AvgIpc) is 3.14. The van der Waals surface area contributed by atoms with Crippen molar-refractivity contribution in [2.45, 2.75) is 0 Å². The van der Waals surface area contributed by atoms with Gasteiger partial charge in [0, 0.05) is 21.3 Å². The first kappa shape index (κ1) is 12.6. The summed E-state index contributed by atoms with van der Waals surface area (Å²) in [6.07, 6.45) is 0. The molecule has 0 atom stereocenters. The fraction of sp³-hybridized carbons (Fsp3) is 0. The van der Waals surface area contributed by atoms with E-state index in [2.05, 4.69) is 35.7 Å². The first-order valence-corrected chi connectivity index (χ1v) is 8.30. The number of nitrogens with two attached hydrogens (primary N) is 1. The zero-order valence-electron chi connectivity index (χ0n) is 11.1. The summed E-state index contributed by atoms with van der Waals surface area (Å²) in [6.45, 7) is 0. The van der Waals surface area contributed by atoms with Crippen LogP contribution in [0.3, 0.4) is 0 Å². The Morgan fingerprint density at radius 1 is 0.952 bits per heavy atom.